The average molecular weight is 169 g/mol. The molecule has 0 aliphatic rings. The number of hydrogen-bond acceptors (Lipinski definition) is 1. The van der Waals surface area contributed by atoms with Gasteiger partial charge in [-0.15, -0.1) is 0 Å². The number of unbranched alkanes of at least 4 members (excludes halogenated alkanes) is 2. The zero-order chi connectivity index (χ0) is 9.23. The van der Waals surface area contributed by atoms with Gasteiger partial charge in [-0.3, -0.25) is 0 Å². The van der Waals surface area contributed by atoms with Crippen LogP contribution in [0, 0.1) is 0 Å². The van der Waals surface area contributed by atoms with Crippen LogP contribution in [0.1, 0.15) is 39.5 Å². The van der Waals surface area contributed by atoms with E-state index in [0.29, 0.717) is 0 Å². The Balaban J connectivity index is 3.08. The predicted octanol–water partition coefficient (Wildman–Crippen LogP) is 3.07. The molecule has 72 valence electrons. The Labute approximate surface area is 77.5 Å². The van der Waals surface area contributed by atoms with Crippen molar-refractivity contribution >= 4 is 0 Å². The zero-order valence-electron chi connectivity index (χ0n) is 8.84. The van der Waals surface area contributed by atoms with Crippen molar-refractivity contribution < 1.29 is 0 Å². The molecule has 0 aromatic heterocycles. The monoisotopic (exact) mass is 169 g/mol. The van der Waals surface area contributed by atoms with Crippen LogP contribution in [-0.2, 0) is 0 Å². The van der Waals surface area contributed by atoms with E-state index in [2.05, 4.69) is 37.9 Å². The van der Waals surface area contributed by atoms with Crippen LogP contribution in [0.5, 0.6) is 0 Å². The Hall–Kier alpha value is -0.300. The van der Waals surface area contributed by atoms with E-state index in [1.165, 1.54) is 38.8 Å². The summed E-state index contributed by atoms with van der Waals surface area (Å²) in [5.41, 5.74) is 0. The van der Waals surface area contributed by atoms with Crippen LogP contribution in [0.3, 0.4) is 0 Å². The lowest BCUT2D eigenvalue weighted by atomic mass is 10.2. The molecular weight excluding hydrogens is 146 g/mol. The van der Waals surface area contributed by atoms with E-state index in [4.69, 9.17) is 0 Å². The Kier molecular flexibility index (Phi) is 8.57. The zero-order valence-corrected chi connectivity index (χ0v) is 8.84. The summed E-state index contributed by atoms with van der Waals surface area (Å²) < 4.78 is 0. The van der Waals surface area contributed by atoms with Crippen LogP contribution >= 0.6 is 0 Å². The SMILES string of the molecule is C/C=C\CCCCN(C)CCC. The number of nitrogens with zero attached hydrogens (tertiary/aromatic N) is 1. The standard InChI is InChI=1S/C11H23N/c1-4-6-7-8-9-11-12(3)10-5-2/h4,6H,5,7-11H2,1-3H3/b6-4-. The molecule has 0 atom stereocenters. The molecule has 0 saturated carbocycles. The Morgan fingerprint density at radius 2 is 1.92 bits per heavy atom. The van der Waals surface area contributed by atoms with E-state index in [-0.39, 0.29) is 0 Å². The Bertz CT molecular complexity index is 108. The first-order valence-corrected chi connectivity index (χ1v) is 5.11. The number of allylic oxidation sites excluding steroid dienone is 2. The average Bonchev–Trinajstić information content (AvgIpc) is 2.05. The minimum atomic E-state index is 1.24. The van der Waals surface area contributed by atoms with Gasteiger partial charge in [-0.2, -0.15) is 0 Å². The van der Waals surface area contributed by atoms with Gasteiger partial charge in [0.25, 0.3) is 0 Å². The van der Waals surface area contributed by atoms with Gasteiger partial charge in [0.2, 0.25) is 0 Å². The molecule has 0 rings (SSSR count). The van der Waals surface area contributed by atoms with Crippen LogP contribution in [0.25, 0.3) is 0 Å². The van der Waals surface area contributed by atoms with Gasteiger partial charge >= 0.3 is 0 Å². The summed E-state index contributed by atoms with van der Waals surface area (Å²) in [5, 5.41) is 0. The fraction of sp³-hybridized carbons (Fsp3) is 0.818. The summed E-state index contributed by atoms with van der Waals surface area (Å²) in [6, 6.07) is 0. The highest BCUT2D eigenvalue weighted by Crippen LogP contribution is 1.98. The molecule has 1 nitrogen and oxygen atoms in total. The summed E-state index contributed by atoms with van der Waals surface area (Å²) >= 11 is 0. The molecule has 0 aliphatic carbocycles. The minimum absolute atomic E-state index is 1.24. The van der Waals surface area contributed by atoms with Gasteiger partial charge in [0.15, 0.2) is 0 Å². The van der Waals surface area contributed by atoms with Gasteiger partial charge < -0.3 is 4.90 Å². The van der Waals surface area contributed by atoms with Crippen LogP contribution in [0.15, 0.2) is 12.2 Å². The molecule has 0 bridgehead atoms. The van der Waals surface area contributed by atoms with Crippen LogP contribution < -0.4 is 0 Å². The summed E-state index contributed by atoms with van der Waals surface area (Å²) in [6.07, 6.45) is 9.57. The summed E-state index contributed by atoms with van der Waals surface area (Å²) in [7, 11) is 2.21. The third kappa shape index (κ3) is 7.80. The van der Waals surface area contributed by atoms with Crippen LogP contribution in [-0.4, -0.2) is 25.0 Å². The molecule has 0 amide bonds. The van der Waals surface area contributed by atoms with Crippen LogP contribution in [0.2, 0.25) is 0 Å². The maximum absolute atomic E-state index is 2.41. The highest BCUT2D eigenvalue weighted by atomic mass is 15.1. The first kappa shape index (κ1) is 11.7. The largest absolute Gasteiger partial charge is 0.306 e. The molecule has 0 N–H and O–H groups in total. The van der Waals surface area contributed by atoms with Gasteiger partial charge in [0.05, 0.1) is 0 Å². The van der Waals surface area contributed by atoms with E-state index in [0.717, 1.165) is 0 Å². The van der Waals surface area contributed by atoms with Crippen molar-refractivity contribution in [3.63, 3.8) is 0 Å². The van der Waals surface area contributed by atoms with E-state index in [1.54, 1.807) is 0 Å². The highest BCUT2D eigenvalue weighted by molar-refractivity contribution is 4.76. The van der Waals surface area contributed by atoms with Gasteiger partial charge in [-0.05, 0) is 52.7 Å². The third-order valence-corrected chi connectivity index (χ3v) is 2.00. The van der Waals surface area contributed by atoms with Gasteiger partial charge in [-0.1, -0.05) is 19.1 Å². The van der Waals surface area contributed by atoms with Crippen molar-refractivity contribution in [3.8, 4) is 0 Å². The molecule has 0 fully saturated rings. The minimum Gasteiger partial charge on any atom is -0.306 e. The first-order valence-electron chi connectivity index (χ1n) is 5.11. The molecule has 12 heavy (non-hydrogen) atoms. The lowest BCUT2D eigenvalue weighted by Gasteiger charge is -2.14. The topological polar surface area (TPSA) is 3.24 Å². The van der Waals surface area contributed by atoms with Gasteiger partial charge in [0.1, 0.15) is 0 Å². The summed E-state index contributed by atoms with van der Waals surface area (Å²) in [4.78, 5) is 2.41. The normalized spacial score (nSPS) is 11.7. The van der Waals surface area contributed by atoms with Crippen molar-refractivity contribution in [2.45, 2.75) is 39.5 Å². The molecule has 0 spiro atoms. The molecule has 0 heterocycles. The molecule has 0 aromatic carbocycles. The van der Waals surface area contributed by atoms with Crippen molar-refractivity contribution in [1.82, 2.24) is 4.90 Å². The predicted molar refractivity (Wildman–Crippen MR) is 56.5 cm³/mol. The first-order chi connectivity index (χ1) is 5.81. The van der Waals surface area contributed by atoms with Crippen molar-refractivity contribution in [2.24, 2.45) is 0 Å². The second kappa shape index (κ2) is 8.79. The maximum Gasteiger partial charge on any atom is -0.00217 e. The highest BCUT2D eigenvalue weighted by Gasteiger charge is 1.94. The summed E-state index contributed by atoms with van der Waals surface area (Å²) in [5.74, 6) is 0. The quantitative estimate of drug-likeness (QED) is 0.418. The third-order valence-electron chi connectivity index (χ3n) is 2.00. The second-order valence-electron chi connectivity index (χ2n) is 3.37. The van der Waals surface area contributed by atoms with Crippen molar-refractivity contribution in [3.05, 3.63) is 12.2 Å². The van der Waals surface area contributed by atoms with Crippen molar-refractivity contribution in [2.75, 3.05) is 20.1 Å². The smallest absolute Gasteiger partial charge is 0.00217 e. The van der Waals surface area contributed by atoms with Gasteiger partial charge in [-0.25, -0.2) is 0 Å². The van der Waals surface area contributed by atoms with E-state index < -0.39 is 0 Å². The molecule has 0 unspecified atom stereocenters. The Morgan fingerprint density at radius 1 is 1.17 bits per heavy atom. The van der Waals surface area contributed by atoms with Crippen LogP contribution in [0.4, 0.5) is 0 Å². The second-order valence-corrected chi connectivity index (χ2v) is 3.37. The molecule has 0 radical (unpaired) electrons. The fourth-order valence-electron chi connectivity index (χ4n) is 1.30. The Morgan fingerprint density at radius 3 is 2.50 bits per heavy atom. The molecule has 0 saturated heterocycles. The van der Waals surface area contributed by atoms with Crippen molar-refractivity contribution in [1.29, 1.82) is 0 Å². The number of rotatable bonds is 7. The van der Waals surface area contributed by atoms with Gasteiger partial charge in [0, 0.05) is 0 Å². The molecular formula is C11H23N. The molecule has 0 aliphatic heterocycles. The molecule has 1 heteroatoms. The lowest BCUT2D eigenvalue weighted by molar-refractivity contribution is 0.327. The van der Waals surface area contributed by atoms with E-state index in [1.807, 2.05) is 0 Å². The summed E-state index contributed by atoms with van der Waals surface area (Å²) in [6.45, 7) is 6.81. The van der Waals surface area contributed by atoms with E-state index >= 15 is 0 Å². The number of hydrogen-bond donors (Lipinski definition) is 0. The lowest BCUT2D eigenvalue weighted by Crippen LogP contribution is -2.20. The maximum atomic E-state index is 2.41. The fourth-order valence-corrected chi connectivity index (χ4v) is 1.30. The van der Waals surface area contributed by atoms with E-state index in [9.17, 15) is 0 Å². The molecule has 0 aromatic rings.